The van der Waals surface area contributed by atoms with Gasteiger partial charge in [0.25, 0.3) is 0 Å². The standard InChI is InChI=1S/C10H16N4S3.ClH/c1-14-6-3-5-11-8(14)4-2-7-16-10-13-12-9(15)17-10;/h2-7H2,1H3,(H,12,15);1H. The molecule has 0 unspecified atom stereocenters. The molecule has 18 heavy (non-hydrogen) atoms. The van der Waals surface area contributed by atoms with E-state index in [4.69, 9.17) is 12.2 Å². The molecule has 2 heterocycles. The molecule has 1 aliphatic heterocycles. The summed E-state index contributed by atoms with van der Waals surface area (Å²) in [6, 6.07) is 0. The molecule has 8 heteroatoms. The van der Waals surface area contributed by atoms with E-state index in [1.165, 1.54) is 12.3 Å². The zero-order valence-electron chi connectivity index (χ0n) is 10.2. The van der Waals surface area contributed by atoms with Gasteiger partial charge in [0.2, 0.25) is 0 Å². The average Bonchev–Trinajstić information content (AvgIpc) is 2.73. The van der Waals surface area contributed by atoms with Crippen molar-refractivity contribution < 1.29 is 0 Å². The second-order valence-electron chi connectivity index (χ2n) is 3.90. The predicted octanol–water partition coefficient (Wildman–Crippen LogP) is 3.23. The molecule has 0 atom stereocenters. The number of amidine groups is 1. The molecule has 0 amide bonds. The van der Waals surface area contributed by atoms with Crippen LogP contribution in [0.4, 0.5) is 0 Å². The number of rotatable bonds is 5. The molecule has 0 aromatic carbocycles. The third kappa shape index (κ3) is 4.87. The summed E-state index contributed by atoms with van der Waals surface area (Å²) in [6.07, 6.45) is 3.39. The lowest BCUT2D eigenvalue weighted by Crippen LogP contribution is -2.31. The fourth-order valence-corrected chi connectivity index (χ4v) is 3.79. The number of aromatic nitrogens is 2. The largest absolute Gasteiger partial charge is 0.363 e. The number of nitrogens with one attached hydrogen (secondary N) is 1. The SMILES string of the molecule is CN1CCCN=C1CCCSc1n[nH]c(=S)s1.Cl. The van der Waals surface area contributed by atoms with Gasteiger partial charge in [0.05, 0.1) is 5.84 Å². The topological polar surface area (TPSA) is 44.3 Å². The molecule has 0 saturated carbocycles. The lowest BCUT2D eigenvalue weighted by Gasteiger charge is -2.24. The van der Waals surface area contributed by atoms with E-state index in [-0.39, 0.29) is 12.4 Å². The molecular weight excluding hydrogens is 308 g/mol. The first-order chi connectivity index (χ1) is 8.25. The number of hydrogen-bond acceptors (Lipinski definition) is 6. The summed E-state index contributed by atoms with van der Waals surface area (Å²) in [5, 5.41) is 6.92. The van der Waals surface area contributed by atoms with Crippen molar-refractivity contribution in [1.82, 2.24) is 15.1 Å². The quantitative estimate of drug-likeness (QED) is 0.513. The van der Waals surface area contributed by atoms with E-state index in [0.29, 0.717) is 0 Å². The highest BCUT2D eigenvalue weighted by atomic mass is 35.5. The summed E-state index contributed by atoms with van der Waals surface area (Å²) in [5.74, 6) is 2.33. The lowest BCUT2D eigenvalue weighted by molar-refractivity contribution is 0.455. The minimum absolute atomic E-state index is 0. The molecule has 1 aromatic heterocycles. The first-order valence-electron chi connectivity index (χ1n) is 5.68. The Kier molecular flexibility index (Phi) is 7.21. The highest BCUT2D eigenvalue weighted by Gasteiger charge is 2.10. The monoisotopic (exact) mass is 324 g/mol. The average molecular weight is 325 g/mol. The molecule has 0 saturated heterocycles. The molecule has 0 aliphatic carbocycles. The van der Waals surface area contributed by atoms with E-state index in [1.54, 1.807) is 23.1 Å². The van der Waals surface area contributed by atoms with Crippen LogP contribution in [0.5, 0.6) is 0 Å². The van der Waals surface area contributed by atoms with Crippen LogP contribution in [0.3, 0.4) is 0 Å². The van der Waals surface area contributed by atoms with E-state index in [1.807, 2.05) is 0 Å². The van der Waals surface area contributed by atoms with Crippen molar-refractivity contribution in [3.63, 3.8) is 0 Å². The highest BCUT2D eigenvalue weighted by Crippen LogP contribution is 2.21. The molecule has 1 aliphatic rings. The summed E-state index contributed by atoms with van der Waals surface area (Å²) in [4.78, 5) is 6.83. The van der Waals surface area contributed by atoms with Gasteiger partial charge in [0.15, 0.2) is 8.29 Å². The summed E-state index contributed by atoms with van der Waals surface area (Å²) < 4.78 is 1.79. The smallest absolute Gasteiger partial charge is 0.177 e. The Balaban J connectivity index is 0.00000162. The molecule has 2 rings (SSSR count). The molecule has 4 nitrogen and oxygen atoms in total. The van der Waals surface area contributed by atoms with Gasteiger partial charge in [-0.3, -0.25) is 10.1 Å². The van der Waals surface area contributed by atoms with Crippen LogP contribution in [0.25, 0.3) is 0 Å². The Hall–Kier alpha value is -0.110. The summed E-state index contributed by atoms with van der Waals surface area (Å²) in [7, 11) is 2.13. The Labute approximate surface area is 127 Å². The van der Waals surface area contributed by atoms with Gasteiger partial charge in [-0.25, -0.2) is 0 Å². The van der Waals surface area contributed by atoms with Crippen LogP contribution in [0, 0.1) is 3.95 Å². The van der Waals surface area contributed by atoms with Gasteiger partial charge in [0.1, 0.15) is 0 Å². The van der Waals surface area contributed by atoms with Gasteiger partial charge < -0.3 is 4.90 Å². The van der Waals surface area contributed by atoms with E-state index < -0.39 is 0 Å². The van der Waals surface area contributed by atoms with Gasteiger partial charge in [-0.2, -0.15) is 5.10 Å². The van der Waals surface area contributed by atoms with E-state index in [0.717, 1.165) is 40.0 Å². The van der Waals surface area contributed by atoms with Crippen LogP contribution in [0.15, 0.2) is 9.33 Å². The Morgan fingerprint density at radius 2 is 2.39 bits per heavy atom. The molecule has 0 bridgehead atoms. The van der Waals surface area contributed by atoms with Crippen molar-refractivity contribution >= 4 is 53.6 Å². The minimum Gasteiger partial charge on any atom is -0.363 e. The van der Waals surface area contributed by atoms with E-state index >= 15 is 0 Å². The number of nitrogens with zero attached hydrogens (tertiary/aromatic N) is 3. The van der Waals surface area contributed by atoms with Crippen molar-refractivity contribution in [2.75, 3.05) is 25.9 Å². The Morgan fingerprint density at radius 3 is 3.06 bits per heavy atom. The predicted molar refractivity (Wildman–Crippen MR) is 84.1 cm³/mol. The molecular formula is C10H17ClN4S3. The second-order valence-corrected chi connectivity index (χ2v) is 6.91. The van der Waals surface area contributed by atoms with Gasteiger partial charge in [-0.15, -0.1) is 12.4 Å². The van der Waals surface area contributed by atoms with Gasteiger partial charge in [-0.05, 0) is 25.1 Å². The third-order valence-corrected chi connectivity index (χ3v) is 4.89. The maximum absolute atomic E-state index is 4.99. The number of aromatic amines is 1. The number of aliphatic imine (C=N–C) groups is 1. The van der Waals surface area contributed by atoms with Crippen molar-refractivity contribution in [2.45, 2.75) is 23.6 Å². The van der Waals surface area contributed by atoms with E-state index in [2.05, 4.69) is 27.1 Å². The third-order valence-electron chi connectivity index (χ3n) is 2.58. The molecule has 1 N–H and O–H groups in total. The summed E-state index contributed by atoms with van der Waals surface area (Å²) in [6.45, 7) is 2.14. The molecule has 1 aromatic rings. The lowest BCUT2D eigenvalue weighted by atomic mass is 10.2. The first-order valence-corrected chi connectivity index (χ1v) is 7.89. The Bertz CT molecular complexity index is 442. The Morgan fingerprint density at radius 1 is 1.56 bits per heavy atom. The number of hydrogen-bond donors (Lipinski definition) is 1. The van der Waals surface area contributed by atoms with Crippen LogP contribution in [0.2, 0.25) is 0 Å². The number of halogens is 1. The zero-order chi connectivity index (χ0) is 12.1. The van der Waals surface area contributed by atoms with Crippen molar-refractivity contribution in [3.05, 3.63) is 3.95 Å². The molecule has 0 fully saturated rings. The summed E-state index contributed by atoms with van der Waals surface area (Å²) >= 11 is 8.30. The number of H-pyrrole nitrogens is 1. The molecule has 0 radical (unpaired) electrons. The van der Waals surface area contributed by atoms with Crippen LogP contribution < -0.4 is 0 Å². The van der Waals surface area contributed by atoms with Crippen LogP contribution >= 0.6 is 47.7 Å². The van der Waals surface area contributed by atoms with Crippen molar-refractivity contribution in [2.24, 2.45) is 4.99 Å². The van der Waals surface area contributed by atoms with Crippen LogP contribution in [0.1, 0.15) is 19.3 Å². The second kappa shape index (κ2) is 8.14. The fourth-order valence-electron chi connectivity index (χ4n) is 1.70. The zero-order valence-corrected chi connectivity index (χ0v) is 13.5. The summed E-state index contributed by atoms with van der Waals surface area (Å²) in [5.41, 5.74) is 0. The maximum Gasteiger partial charge on any atom is 0.177 e. The van der Waals surface area contributed by atoms with Crippen molar-refractivity contribution in [1.29, 1.82) is 0 Å². The fraction of sp³-hybridized carbons (Fsp3) is 0.700. The van der Waals surface area contributed by atoms with Crippen molar-refractivity contribution in [3.8, 4) is 0 Å². The molecule has 0 spiro atoms. The first kappa shape index (κ1) is 15.9. The normalized spacial score (nSPS) is 15.2. The maximum atomic E-state index is 4.99. The van der Waals surface area contributed by atoms with Gasteiger partial charge >= 0.3 is 0 Å². The van der Waals surface area contributed by atoms with Gasteiger partial charge in [0, 0.05) is 32.3 Å². The van der Waals surface area contributed by atoms with Gasteiger partial charge in [-0.1, -0.05) is 23.1 Å². The molecule has 102 valence electrons. The van der Waals surface area contributed by atoms with Crippen LogP contribution in [-0.4, -0.2) is 46.8 Å². The van der Waals surface area contributed by atoms with Crippen LogP contribution in [-0.2, 0) is 0 Å². The van der Waals surface area contributed by atoms with E-state index in [9.17, 15) is 0 Å². The highest BCUT2D eigenvalue weighted by molar-refractivity contribution is 8.01. The minimum atomic E-state index is 0. The number of thioether (sulfide) groups is 1.